The van der Waals surface area contributed by atoms with Crippen LogP contribution >= 0.6 is 11.3 Å². The molecule has 2 fully saturated rings. The Hall–Kier alpha value is -2.52. The second-order valence-corrected chi connectivity index (χ2v) is 11.9. The van der Waals surface area contributed by atoms with Gasteiger partial charge in [0.1, 0.15) is 11.5 Å². The quantitative estimate of drug-likeness (QED) is 0.681. The third-order valence-corrected chi connectivity index (χ3v) is 7.50. The van der Waals surface area contributed by atoms with Crippen LogP contribution < -0.4 is 5.32 Å². The SMILES string of the molecule is Cc1cc(NC(C)(C)C)ncc1-c1sc(C(=O)N2CC[C@@](C)(O)C2)nc1C(=O)N1CCC[C@@H]1C. The van der Waals surface area contributed by atoms with E-state index in [1.807, 2.05) is 17.9 Å². The summed E-state index contributed by atoms with van der Waals surface area (Å²) < 4.78 is 0. The Morgan fingerprint density at radius 3 is 2.56 bits per heavy atom. The smallest absolute Gasteiger partial charge is 0.282 e. The number of nitrogens with zero attached hydrogens (tertiary/aromatic N) is 4. The van der Waals surface area contributed by atoms with Gasteiger partial charge in [-0.15, -0.1) is 11.3 Å². The van der Waals surface area contributed by atoms with Gasteiger partial charge in [0.15, 0.2) is 5.01 Å². The van der Waals surface area contributed by atoms with E-state index >= 15 is 0 Å². The van der Waals surface area contributed by atoms with Crippen molar-refractivity contribution in [2.45, 2.75) is 78.0 Å². The van der Waals surface area contributed by atoms with Crippen molar-refractivity contribution in [3.63, 3.8) is 0 Å². The number of nitrogens with one attached hydrogen (secondary N) is 1. The van der Waals surface area contributed by atoms with E-state index in [4.69, 9.17) is 0 Å². The number of aliphatic hydroxyl groups is 1. The van der Waals surface area contributed by atoms with E-state index in [1.54, 1.807) is 18.0 Å². The molecule has 4 rings (SSSR count). The molecule has 8 nitrogen and oxygen atoms in total. The summed E-state index contributed by atoms with van der Waals surface area (Å²) >= 11 is 1.24. The highest BCUT2D eigenvalue weighted by molar-refractivity contribution is 7.17. The van der Waals surface area contributed by atoms with Crippen LogP contribution in [0, 0.1) is 6.92 Å². The fraction of sp³-hybridized carbons (Fsp3) is 0.600. The van der Waals surface area contributed by atoms with Gasteiger partial charge in [0.2, 0.25) is 0 Å². The first-order valence-electron chi connectivity index (χ1n) is 11.9. The highest BCUT2D eigenvalue weighted by Gasteiger charge is 2.37. The molecule has 34 heavy (non-hydrogen) atoms. The molecule has 2 amide bonds. The Morgan fingerprint density at radius 1 is 1.26 bits per heavy atom. The number of amides is 2. The molecular formula is C25H35N5O3S. The predicted octanol–water partition coefficient (Wildman–Crippen LogP) is 3.95. The number of carbonyl (C=O) groups is 2. The molecule has 2 aliphatic rings. The number of aryl methyl sites for hydroxylation is 1. The molecular weight excluding hydrogens is 450 g/mol. The van der Waals surface area contributed by atoms with E-state index in [9.17, 15) is 14.7 Å². The molecule has 2 atom stereocenters. The molecule has 184 valence electrons. The van der Waals surface area contributed by atoms with E-state index in [1.165, 1.54) is 11.3 Å². The second kappa shape index (κ2) is 8.92. The van der Waals surface area contributed by atoms with Crippen LogP contribution in [0.15, 0.2) is 12.3 Å². The second-order valence-electron chi connectivity index (χ2n) is 10.9. The van der Waals surface area contributed by atoms with Crippen molar-refractivity contribution in [1.82, 2.24) is 19.8 Å². The largest absolute Gasteiger partial charge is 0.388 e. The number of pyridine rings is 1. The van der Waals surface area contributed by atoms with Gasteiger partial charge in [-0.1, -0.05) is 0 Å². The normalized spacial score (nSPS) is 23.0. The lowest BCUT2D eigenvalue weighted by Gasteiger charge is -2.22. The molecule has 2 aromatic rings. The van der Waals surface area contributed by atoms with Gasteiger partial charge in [0, 0.05) is 43.0 Å². The number of rotatable bonds is 4. The lowest BCUT2D eigenvalue weighted by atomic mass is 10.1. The van der Waals surface area contributed by atoms with E-state index in [2.05, 4.69) is 43.0 Å². The molecule has 9 heteroatoms. The zero-order chi connectivity index (χ0) is 24.8. The maximum absolute atomic E-state index is 13.6. The zero-order valence-electron chi connectivity index (χ0n) is 20.9. The maximum atomic E-state index is 13.6. The average Bonchev–Trinajstić information content (AvgIpc) is 3.44. The summed E-state index contributed by atoms with van der Waals surface area (Å²) in [5.74, 6) is 0.379. The highest BCUT2D eigenvalue weighted by Crippen LogP contribution is 2.36. The molecule has 2 N–H and O–H groups in total. The maximum Gasteiger partial charge on any atom is 0.282 e. The van der Waals surface area contributed by atoms with Crippen molar-refractivity contribution < 1.29 is 14.7 Å². The van der Waals surface area contributed by atoms with Crippen LogP contribution in [-0.2, 0) is 0 Å². The molecule has 0 saturated carbocycles. The van der Waals surface area contributed by atoms with Gasteiger partial charge in [-0.05, 0) is 72.4 Å². The number of β-amino-alcohol motifs (C(OH)–C–C–N with tert-alkyl or cyclic N) is 1. The van der Waals surface area contributed by atoms with Gasteiger partial charge in [-0.2, -0.15) is 0 Å². The molecule has 2 aliphatic heterocycles. The predicted molar refractivity (Wildman–Crippen MR) is 134 cm³/mol. The van der Waals surface area contributed by atoms with Crippen molar-refractivity contribution in [3.8, 4) is 10.4 Å². The lowest BCUT2D eigenvalue weighted by molar-refractivity contribution is 0.0571. The number of likely N-dealkylation sites (tertiary alicyclic amines) is 2. The minimum Gasteiger partial charge on any atom is -0.388 e. The van der Waals surface area contributed by atoms with Crippen molar-refractivity contribution >= 4 is 29.0 Å². The number of hydrogen-bond acceptors (Lipinski definition) is 7. The third-order valence-electron chi connectivity index (χ3n) is 6.42. The van der Waals surface area contributed by atoms with Crippen LogP contribution in [0.3, 0.4) is 0 Å². The Morgan fingerprint density at radius 2 is 2.00 bits per heavy atom. The number of thiazole rings is 1. The Labute approximate surface area is 205 Å². The van der Waals surface area contributed by atoms with Crippen LogP contribution in [0.1, 0.15) is 79.7 Å². The molecule has 4 heterocycles. The van der Waals surface area contributed by atoms with Gasteiger partial charge >= 0.3 is 0 Å². The van der Waals surface area contributed by atoms with Gasteiger partial charge in [-0.3, -0.25) is 9.59 Å². The summed E-state index contributed by atoms with van der Waals surface area (Å²) in [5, 5.41) is 14.0. The van der Waals surface area contributed by atoms with E-state index < -0.39 is 5.60 Å². The van der Waals surface area contributed by atoms with Crippen molar-refractivity contribution in [1.29, 1.82) is 0 Å². The lowest BCUT2D eigenvalue weighted by Crippen LogP contribution is -2.35. The Balaban J connectivity index is 1.73. The molecule has 0 unspecified atom stereocenters. The van der Waals surface area contributed by atoms with Crippen molar-refractivity contribution in [2.75, 3.05) is 25.0 Å². The van der Waals surface area contributed by atoms with Gasteiger partial charge in [0.25, 0.3) is 11.8 Å². The summed E-state index contributed by atoms with van der Waals surface area (Å²) in [6.07, 6.45) is 4.22. The fourth-order valence-electron chi connectivity index (χ4n) is 4.61. The minimum absolute atomic E-state index is 0.130. The molecule has 2 aromatic heterocycles. The van der Waals surface area contributed by atoms with E-state index in [0.717, 1.165) is 29.8 Å². The molecule has 0 aromatic carbocycles. The Bertz CT molecular complexity index is 1100. The summed E-state index contributed by atoms with van der Waals surface area (Å²) in [6.45, 7) is 13.4. The first-order valence-corrected chi connectivity index (χ1v) is 12.7. The molecule has 0 spiro atoms. The summed E-state index contributed by atoms with van der Waals surface area (Å²) in [5.41, 5.74) is 1.05. The number of anilines is 1. The summed E-state index contributed by atoms with van der Waals surface area (Å²) in [7, 11) is 0. The van der Waals surface area contributed by atoms with Crippen LogP contribution in [-0.4, -0.2) is 73.5 Å². The standard InChI is InChI=1S/C25H35N5O3S/c1-15-12-18(28-24(3,4)5)26-13-17(15)20-19(22(31)30-10-7-8-16(30)2)27-21(34-20)23(32)29-11-9-25(6,33)14-29/h12-13,16,33H,7-11,14H2,1-6H3,(H,26,28)/t16-,25+/m0/s1. The van der Waals surface area contributed by atoms with Gasteiger partial charge < -0.3 is 20.2 Å². The number of carbonyl (C=O) groups excluding carboxylic acids is 2. The van der Waals surface area contributed by atoms with Crippen LogP contribution in [0.2, 0.25) is 0 Å². The molecule has 2 saturated heterocycles. The average molecular weight is 486 g/mol. The van der Waals surface area contributed by atoms with E-state index in [-0.39, 0.29) is 34.9 Å². The first-order chi connectivity index (χ1) is 15.8. The van der Waals surface area contributed by atoms with Gasteiger partial charge in [0.05, 0.1) is 10.5 Å². The molecule has 0 bridgehead atoms. The highest BCUT2D eigenvalue weighted by atomic mass is 32.1. The topological polar surface area (TPSA) is 98.7 Å². The summed E-state index contributed by atoms with van der Waals surface area (Å²) in [4.78, 5) is 40.1. The van der Waals surface area contributed by atoms with Crippen LogP contribution in [0.5, 0.6) is 0 Å². The van der Waals surface area contributed by atoms with Crippen molar-refractivity contribution in [2.24, 2.45) is 0 Å². The van der Waals surface area contributed by atoms with E-state index in [0.29, 0.717) is 30.1 Å². The summed E-state index contributed by atoms with van der Waals surface area (Å²) in [6, 6.07) is 2.11. The molecule has 0 aliphatic carbocycles. The monoisotopic (exact) mass is 485 g/mol. The number of aromatic nitrogens is 2. The third kappa shape index (κ3) is 5.10. The van der Waals surface area contributed by atoms with Crippen LogP contribution in [0.25, 0.3) is 10.4 Å². The first kappa shape index (κ1) is 24.6. The Kier molecular flexibility index (Phi) is 6.46. The van der Waals surface area contributed by atoms with Gasteiger partial charge in [-0.25, -0.2) is 9.97 Å². The fourth-order valence-corrected chi connectivity index (χ4v) is 5.71. The molecule has 0 radical (unpaired) electrons. The zero-order valence-corrected chi connectivity index (χ0v) is 21.8. The van der Waals surface area contributed by atoms with Crippen molar-refractivity contribution in [3.05, 3.63) is 28.5 Å². The number of hydrogen-bond donors (Lipinski definition) is 2. The minimum atomic E-state index is -0.893. The van der Waals surface area contributed by atoms with Crippen LogP contribution in [0.4, 0.5) is 5.82 Å².